The molecular formula is C10H17N3O2S. The molecule has 1 heterocycles. The molecule has 5 nitrogen and oxygen atoms in total. The van der Waals surface area contributed by atoms with E-state index in [0.29, 0.717) is 6.54 Å². The van der Waals surface area contributed by atoms with Crippen LogP contribution in [0.15, 0.2) is 24.5 Å². The van der Waals surface area contributed by atoms with Crippen molar-refractivity contribution in [1.29, 1.82) is 0 Å². The second-order valence-corrected chi connectivity index (χ2v) is 5.70. The molecule has 0 saturated carbocycles. The molecular weight excluding hydrogens is 226 g/mol. The van der Waals surface area contributed by atoms with Crippen LogP contribution in [0.2, 0.25) is 0 Å². The third kappa shape index (κ3) is 3.26. The summed E-state index contributed by atoms with van der Waals surface area (Å²) in [6.45, 7) is 2.24. The first-order chi connectivity index (χ1) is 7.47. The third-order valence-electron chi connectivity index (χ3n) is 2.44. The lowest BCUT2D eigenvalue weighted by Gasteiger charge is -2.18. The highest BCUT2D eigenvalue weighted by Gasteiger charge is 2.20. The predicted octanol–water partition coefficient (Wildman–Crippen LogP) is 0.363. The summed E-state index contributed by atoms with van der Waals surface area (Å²) in [5.74, 6) is -0.0820. The van der Waals surface area contributed by atoms with Gasteiger partial charge in [0.1, 0.15) is 0 Å². The fraction of sp³-hybridized carbons (Fsp3) is 0.500. The van der Waals surface area contributed by atoms with E-state index >= 15 is 0 Å². The Morgan fingerprint density at radius 1 is 1.44 bits per heavy atom. The van der Waals surface area contributed by atoms with Gasteiger partial charge in [-0.15, -0.1) is 0 Å². The zero-order valence-electron chi connectivity index (χ0n) is 9.50. The van der Waals surface area contributed by atoms with Crippen molar-refractivity contribution in [2.45, 2.75) is 13.0 Å². The largest absolute Gasteiger partial charge is 0.323 e. The van der Waals surface area contributed by atoms with Gasteiger partial charge in [-0.1, -0.05) is 6.92 Å². The Hall–Kier alpha value is -0.980. The van der Waals surface area contributed by atoms with Gasteiger partial charge in [-0.3, -0.25) is 4.98 Å². The van der Waals surface area contributed by atoms with E-state index in [9.17, 15) is 8.42 Å². The van der Waals surface area contributed by atoms with E-state index in [1.165, 1.54) is 4.31 Å². The van der Waals surface area contributed by atoms with Crippen LogP contribution in [0.3, 0.4) is 0 Å². The number of rotatable bonds is 5. The predicted molar refractivity (Wildman–Crippen MR) is 63.3 cm³/mol. The van der Waals surface area contributed by atoms with Crippen LogP contribution in [-0.4, -0.2) is 37.1 Å². The summed E-state index contributed by atoms with van der Waals surface area (Å²) >= 11 is 0. The molecule has 1 rings (SSSR count). The first-order valence-electron chi connectivity index (χ1n) is 5.07. The van der Waals surface area contributed by atoms with Crippen LogP contribution in [0.4, 0.5) is 0 Å². The molecule has 0 aliphatic heterocycles. The number of pyridine rings is 1. The molecule has 0 saturated heterocycles. The fourth-order valence-electron chi connectivity index (χ4n) is 1.26. The molecule has 0 bridgehead atoms. The van der Waals surface area contributed by atoms with E-state index in [1.807, 2.05) is 0 Å². The van der Waals surface area contributed by atoms with Gasteiger partial charge in [0.15, 0.2) is 0 Å². The van der Waals surface area contributed by atoms with Crippen LogP contribution in [0, 0.1) is 0 Å². The van der Waals surface area contributed by atoms with Gasteiger partial charge in [-0.05, 0) is 17.7 Å². The maximum Gasteiger partial charge on any atom is 0.215 e. The van der Waals surface area contributed by atoms with Gasteiger partial charge < -0.3 is 5.73 Å². The second kappa shape index (κ2) is 5.38. The van der Waals surface area contributed by atoms with Crippen LogP contribution in [0.1, 0.15) is 18.5 Å². The molecule has 1 unspecified atom stereocenters. The Kier molecular flexibility index (Phi) is 4.40. The third-order valence-corrected chi connectivity index (χ3v) is 4.43. The molecule has 1 aromatic rings. The van der Waals surface area contributed by atoms with Crippen molar-refractivity contribution >= 4 is 10.0 Å². The molecule has 0 aliphatic carbocycles. The van der Waals surface area contributed by atoms with Crippen molar-refractivity contribution in [2.24, 2.45) is 5.73 Å². The van der Waals surface area contributed by atoms with Crippen LogP contribution in [-0.2, 0) is 10.0 Å². The summed E-state index contributed by atoms with van der Waals surface area (Å²) in [6, 6.07) is 2.94. The minimum Gasteiger partial charge on any atom is -0.323 e. The quantitative estimate of drug-likeness (QED) is 0.810. The van der Waals surface area contributed by atoms with E-state index in [-0.39, 0.29) is 5.75 Å². The van der Waals surface area contributed by atoms with E-state index in [0.717, 1.165) is 5.56 Å². The Labute approximate surface area is 96.3 Å². The van der Waals surface area contributed by atoms with Gasteiger partial charge in [-0.25, -0.2) is 12.7 Å². The minimum atomic E-state index is -3.27. The Bertz CT molecular complexity index is 419. The molecule has 0 fully saturated rings. The molecule has 1 aromatic heterocycles. The monoisotopic (exact) mass is 243 g/mol. The lowest BCUT2D eigenvalue weighted by molar-refractivity contribution is 0.482. The summed E-state index contributed by atoms with van der Waals surface area (Å²) < 4.78 is 24.9. The van der Waals surface area contributed by atoms with Crippen molar-refractivity contribution < 1.29 is 8.42 Å². The fourth-order valence-corrected chi connectivity index (χ4v) is 2.55. The minimum absolute atomic E-state index is 0.0820. The number of hydrogen-bond donors (Lipinski definition) is 1. The number of nitrogens with two attached hydrogens (primary N) is 1. The highest BCUT2D eigenvalue weighted by Crippen LogP contribution is 2.12. The SMILES string of the molecule is CCN(C)S(=O)(=O)CC(N)c1ccncc1. The van der Waals surface area contributed by atoms with Crippen molar-refractivity contribution in [3.8, 4) is 0 Å². The Balaban J connectivity index is 2.76. The summed E-state index contributed by atoms with van der Waals surface area (Å²) in [6.07, 6.45) is 3.21. The molecule has 90 valence electrons. The smallest absolute Gasteiger partial charge is 0.215 e. The average molecular weight is 243 g/mol. The van der Waals surface area contributed by atoms with E-state index < -0.39 is 16.1 Å². The van der Waals surface area contributed by atoms with Gasteiger partial charge in [0.05, 0.1) is 5.75 Å². The van der Waals surface area contributed by atoms with Crippen LogP contribution in [0.5, 0.6) is 0 Å². The normalized spacial score (nSPS) is 14.0. The summed E-state index contributed by atoms with van der Waals surface area (Å²) in [7, 11) is -1.72. The lowest BCUT2D eigenvalue weighted by Crippen LogP contribution is -2.33. The van der Waals surface area contributed by atoms with Gasteiger partial charge >= 0.3 is 0 Å². The lowest BCUT2D eigenvalue weighted by atomic mass is 10.1. The standard InChI is InChI=1S/C10H17N3O2S/c1-3-13(2)16(14,15)8-10(11)9-4-6-12-7-5-9/h4-7,10H,3,8,11H2,1-2H3. The van der Waals surface area contributed by atoms with E-state index in [4.69, 9.17) is 5.73 Å². The first kappa shape index (κ1) is 13.1. The number of nitrogens with zero attached hydrogens (tertiary/aromatic N) is 2. The van der Waals surface area contributed by atoms with Gasteiger partial charge in [0.2, 0.25) is 10.0 Å². The molecule has 0 aliphatic rings. The maximum atomic E-state index is 11.8. The zero-order valence-corrected chi connectivity index (χ0v) is 10.3. The van der Waals surface area contributed by atoms with Gasteiger partial charge in [0, 0.05) is 32.0 Å². The van der Waals surface area contributed by atoms with Crippen LogP contribution in [0.25, 0.3) is 0 Å². The van der Waals surface area contributed by atoms with E-state index in [2.05, 4.69) is 4.98 Å². The van der Waals surface area contributed by atoms with Crippen molar-refractivity contribution in [3.63, 3.8) is 0 Å². The highest BCUT2D eigenvalue weighted by molar-refractivity contribution is 7.89. The molecule has 6 heteroatoms. The van der Waals surface area contributed by atoms with E-state index in [1.54, 1.807) is 38.5 Å². The van der Waals surface area contributed by atoms with Crippen molar-refractivity contribution in [2.75, 3.05) is 19.3 Å². The summed E-state index contributed by atoms with van der Waals surface area (Å²) in [4.78, 5) is 3.86. The first-order valence-corrected chi connectivity index (χ1v) is 6.67. The molecule has 0 radical (unpaired) electrons. The molecule has 1 atom stereocenters. The molecule has 16 heavy (non-hydrogen) atoms. The van der Waals surface area contributed by atoms with Crippen molar-refractivity contribution in [1.82, 2.24) is 9.29 Å². The number of hydrogen-bond acceptors (Lipinski definition) is 4. The van der Waals surface area contributed by atoms with Gasteiger partial charge in [-0.2, -0.15) is 0 Å². The van der Waals surface area contributed by atoms with Crippen LogP contribution >= 0.6 is 0 Å². The maximum absolute atomic E-state index is 11.8. The molecule has 0 amide bonds. The highest BCUT2D eigenvalue weighted by atomic mass is 32.2. The average Bonchev–Trinajstić information content (AvgIpc) is 2.28. The molecule has 2 N–H and O–H groups in total. The van der Waals surface area contributed by atoms with Crippen molar-refractivity contribution in [3.05, 3.63) is 30.1 Å². The molecule has 0 spiro atoms. The Morgan fingerprint density at radius 3 is 2.50 bits per heavy atom. The number of sulfonamides is 1. The Morgan fingerprint density at radius 2 is 2.00 bits per heavy atom. The summed E-state index contributed by atoms with van der Waals surface area (Å²) in [5.41, 5.74) is 6.62. The zero-order chi connectivity index (χ0) is 12.2. The van der Waals surface area contributed by atoms with Crippen LogP contribution < -0.4 is 5.73 Å². The molecule has 0 aromatic carbocycles. The van der Waals surface area contributed by atoms with Gasteiger partial charge in [0.25, 0.3) is 0 Å². The second-order valence-electron chi connectivity index (χ2n) is 3.58. The topological polar surface area (TPSA) is 76.3 Å². The summed E-state index contributed by atoms with van der Waals surface area (Å²) in [5, 5.41) is 0. The number of aromatic nitrogens is 1.